The Balaban J connectivity index is 1.84. The van der Waals surface area contributed by atoms with Crippen molar-refractivity contribution in [2.24, 2.45) is 16.7 Å². The lowest BCUT2D eigenvalue weighted by molar-refractivity contribution is -0.385. The first-order valence-electron chi connectivity index (χ1n) is 7.36. The lowest BCUT2D eigenvalue weighted by Gasteiger charge is -2.38. The minimum atomic E-state index is -0.659. The number of hydrogen-bond acceptors (Lipinski definition) is 3. The molecule has 4 nitrogen and oxygen atoms in total. The third-order valence-corrected chi connectivity index (χ3v) is 6.11. The van der Waals surface area contributed by atoms with Crippen molar-refractivity contribution in [3.05, 3.63) is 34.1 Å². The molecule has 0 heterocycles. The van der Waals surface area contributed by atoms with E-state index in [1.54, 1.807) is 0 Å². The molecule has 0 amide bonds. The summed E-state index contributed by atoms with van der Waals surface area (Å²) in [6, 6.07) is 3.59. The molecule has 5 heteroatoms. The molecule has 0 saturated heterocycles. The lowest BCUT2D eigenvalue weighted by Crippen LogP contribution is -2.39. The van der Waals surface area contributed by atoms with Gasteiger partial charge in [-0.15, -0.1) is 0 Å². The number of ether oxygens (including phenoxy) is 1. The van der Waals surface area contributed by atoms with Crippen LogP contribution in [-0.2, 0) is 0 Å². The van der Waals surface area contributed by atoms with E-state index in [0.717, 1.165) is 18.9 Å². The van der Waals surface area contributed by atoms with E-state index in [-0.39, 0.29) is 28.4 Å². The molecular formula is C16H20FNO3. The molecule has 21 heavy (non-hydrogen) atoms. The van der Waals surface area contributed by atoms with Gasteiger partial charge in [0.15, 0.2) is 11.6 Å². The van der Waals surface area contributed by atoms with E-state index >= 15 is 0 Å². The summed E-state index contributed by atoms with van der Waals surface area (Å²) in [5, 5.41) is 10.6. The Morgan fingerprint density at radius 2 is 2.10 bits per heavy atom. The van der Waals surface area contributed by atoms with Gasteiger partial charge in [0.2, 0.25) is 0 Å². The van der Waals surface area contributed by atoms with Gasteiger partial charge in [-0.25, -0.2) is 4.39 Å². The van der Waals surface area contributed by atoms with Crippen LogP contribution in [0.5, 0.6) is 5.75 Å². The molecule has 0 N–H and O–H groups in total. The predicted molar refractivity (Wildman–Crippen MR) is 76.7 cm³/mol. The van der Waals surface area contributed by atoms with Crippen LogP contribution in [-0.4, -0.2) is 11.0 Å². The van der Waals surface area contributed by atoms with Gasteiger partial charge in [0, 0.05) is 11.5 Å². The standard InChI is InChI=1S/C16H20FNO3/c1-15(2)10-6-7-16(15,3)14(8-10)21-13-5-4-11(18(19)20)9-12(13)17/h4-5,9-10,14H,6-8H2,1-3H3/t10-,14+,16-/m0/s1. The zero-order chi connectivity index (χ0) is 15.4. The molecule has 2 fully saturated rings. The van der Waals surface area contributed by atoms with Gasteiger partial charge in [-0.05, 0) is 36.7 Å². The molecule has 2 bridgehead atoms. The molecule has 1 aromatic rings. The van der Waals surface area contributed by atoms with Crippen molar-refractivity contribution in [3.8, 4) is 5.75 Å². The summed E-state index contributed by atoms with van der Waals surface area (Å²) in [6.07, 6.45) is 3.19. The second-order valence-corrected chi connectivity index (χ2v) is 7.09. The zero-order valence-corrected chi connectivity index (χ0v) is 12.6. The molecule has 0 radical (unpaired) electrons. The molecular weight excluding hydrogens is 273 g/mol. The van der Waals surface area contributed by atoms with Crippen LogP contribution in [0.25, 0.3) is 0 Å². The topological polar surface area (TPSA) is 52.4 Å². The minimum Gasteiger partial charge on any atom is -0.487 e. The van der Waals surface area contributed by atoms with E-state index in [1.807, 2.05) is 0 Å². The van der Waals surface area contributed by atoms with E-state index < -0.39 is 10.7 Å². The first-order chi connectivity index (χ1) is 9.75. The molecule has 2 aliphatic rings. The molecule has 0 aliphatic heterocycles. The fourth-order valence-electron chi connectivity index (χ4n) is 4.16. The van der Waals surface area contributed by atoms with Crippen LogP contribution >= 0.6 is 0 Å². The number of hydrogen-bond donors (Lipinski definition) is 0. The summed E-state index contributed by atoms with van der Waals surface area (Å²) < 4.78 is 19.9. The van der Waals surface area contributed by atoms with Crippen molar-refractivity contribution in [3.63, 3.8) is 0 Å². The number of halogens is 1. The summed E-state index contributed by atoms with van der Waals surface area (Å²) in [5.74, 6) is 0.0668. The monoisotopic (exact) mass is 293 g/mol. The van der Waals surface area contributed by atoms with E-state index in [1.165, 1.54) is 18.6 Å². The smallest absolute Gasteiger partial charge is 0.272 e. The Morgan fingerprint density at radius 3 is 2.57 bits per heavy atom. The van der Waals surface area contributed by atoms with Crippen LogP contribution in [0.3, 0.4) is 0 Å². The van der Waals surface area contributed by atoms with Gasteiger partial charge in [-0.3, -0.25) is 10.1 Å². The average Bonchev–Trinajstić information content (AvgIpc) is 2.74. The number of nitrogens with zero attached hydrogens (tertiary/aromatic N) is 1. The quantitative estimate of drug-likeness (QED) is 0.615. The third kappa shape index (κ3) is 1.93. The number of nitro groups is 1. The Hall–Kier alpha value is -1.65. The van der Waals surface area contributed by atoms with E-state index in [2.05, 4.69) is 20.8 Å². The van der Waals surface area contributed by atoms with Gasteiger partial charge < -0.3 is 4.74 Å². The van der Waals surface area contributed by atoms with E-state index in [0.29, 0.717) is 5.92 Å². The highest BCUT2D eigenvalue weighted by Crippen LogP contribution is 2.66. The summed E-state index contributed by atoms with van der Waals surface area (Å²) in [4.78, 5) is 10.0. The first kappa shape index (κ1) is 14.3. The van der Waals surface area contributed by atoms with Crippen LogP contribution in [0, 0.1) is 32.7 Å². The molecule has 3 rings (SSSR count). The van der Waals surface area contributed by atoms with Crippen molar-refractivity contribution in [2.75, 3.05) is 0 Å². The highest BCUT2D eigenvalue weighted by molar-refractivity contribution is 5.38. The fourth-order valence-corrected chi connectivity index (χ4v) is 4.16. The second kappa shape index (κ2) is 4.42. The van der Waals surface area contributed by atoms with Crippen molar-refractivity contribution in [1.29, 1.82) is 0 Å². The maximum Gasteiger partial charge on any atom is 0.272 e. The third-order valence-electron chi connectivity index (χ3n) is 6.11. The van der Waals surface area contributed by atoms with Crippen molar-refractivity contribution in [1.82, 2.24) is 0 Å². The zero-order valence-electron chi connectivity index (χ0n) is 12.6. The fraction of sp³-hybridized carbons (Fsp3) is 0.625. The Bertz CT molecular complexity index is 601. The predicted octanol–water partition coefficient (Wildman–Crippen LogP) is 4.33. The summed E-state index contributed by atoms with van der Waals surface area (Å²) in [7, 11) is 0. The summed E-state index contributed by atoms with van der Waals surface area (Å²) in [6.45, 7) is 6.74. The van der Waals surface area contributed by atoms with Crippen LogP contribution in [0.2, 0.25) is 0 Å². The maximum atomic E-state index is 14.0. The minimum absolute atomic E-state index is 0.0257. The number of rotatable bonds is 3. The second-order valence-electron chi connectivity index (χ2n) is 7.09. The van der Waals surface area contributed by atoms with Gasteiger partial charge in [0.05, 0.1) is 11.0 Å². The van der Waals surface area contributed by atoms with Gasteiger partial charge in [0.1, 0.15) is 6.10 Å². The highest BCUT2D eigenvalue weighted by Gasteiger charge is 2.62. The van der Waals surface area contributed by atoms with Crippen LogP contribution in [0.4, 0.5) is 10.1 Å². The molecule has 0 aromatic heterocycles. The van der Waals surface area contributed by atoms with Crippen LogP contribution in [0.1, 0.15) is 40.0 Å². The van der Waals surface area contributed by atoms with Gasteiger partial charge >= 0.3 is 0 Å². The molecule has 2 aliphatic carbocycles. The van der Waals surface area contributed by atoms with Crippen molar-refractivity contribution < 1.29 is 14.1 Å². The molecule has 2 saturated carbocycles. The van der Waals surface area contributed by atoms with Crippen molar-refractivity contribution >= 4 is 5.69 Å². The van der Waals surface area contributed by atoms with Gasteiger partial charge in [-0.2, -0.15) is 0 Å². The molecule has 3 atom stereocenters. The molecule has 0 spiro atoms. The molecule has 0 unspecified atom stereocenters. The van der Waals surface area contributed by atoms with Crippen LogP contribution < -0.4 is 4.74 Å². The lowest BCUT2D eigenvalue weighted by atomic mass is 9.70. The first-order valence-corrected chi connectivity index (χ1v) is 7.36. The number of non-ortho nitro benzene ring substituents is 1. The Morgan fingerprint density at radius 1 is 1.38 bits per heavy atom. The summed E-state index contributed by atoms with van der Waals surface area (Å²) in [5.41, 5.74) is -0.0276. The molecule has 114 valence electrons. The number of nitro benzene ring substituents is 1. The van der Waals surface area contributed by atoms with E-state index in [4.69, 9.17) is 4.74 Å². The maximum absolute atomic E-state index is 14.0. The normalized spacial score (nSPS) is 33.1. The van der Waals surface area contributed by atoms with E-state index in [9.17, 15) is 14.5 Å². The molecule has 1 aromatic carbocycles. The Kier molecular flexibility index (Phi) is 3.01. The van der Waals surface area contributed by atoms with Crippen molar-refractivity contribution in [2.45, 2.75) is 46.1 Å². The Labute approximate surface area is 123 Å². The largest absolute Gasteiger partial charge is 0.487 e. The highest BCUT2D eigenvalue weighted by atomic mass is 19.1. The van der Waals surface area contributed by atoms with Crippen LogP contribution in [0.15, 0.2) is 18.2 Å². The summed E-state index contributed by atoms with van der Waals surface area (Å²) >= 11 is 0. The number of fused-ring (bicyclic) bond motifs is 2. The SMILES string of the molecule is CC1(C)[C@H]2CC[C@@]1(C)[C@H](Oc1ccc([N+](=O)[O-])cc1F)C2. The van der Waals surface area contributed by atoms with Gasteiger partial charge in [0.25, 0.3) is 5.69 Å². The number of benzene rings is 1. The van der Waals surface area contributed by atoms with Gasteiger partial charge in [-0.1, -0.05) is 20.8 Å². The average molecular weight is 293 g/mol.